The minimum absolute atomic E-state index is 0. The first-order chi connectivity index (χ1) is 11.9. The second kappa shape index (κ2) is 10.6. The Hall–Kier alpha value is -1.50. The third-order valence-corrected chi connectivity index (χ3v) is 5.00. The lowest BCUT2D eigenvalue weighted by atomic mass is 10.00. The maximum atomic E-state index is 12.1. The van der Waals surface area contributed by atoms with Gasteiger partial charge in [0.05, 0.1) is 12.8 Å². The van der Waals surface area contributed by atoms with Gasteiger partial charge in [-0.2, -0.15) is 0 Å². The smallest absolute Gasteiger partial charge is 0.226 e. The highest BCUT2D eigenvalue weighted by Gasteiger charge is 2.25. The fourth-order valence-electron chi connectivity index (χ4n) is 3.09. The first-order valence-electron chi connectivity index (χ1n) is 8.57. The zero-order chi connectivity index (χ0) is 18.4. The Morgan fingerprint density at radius 2 is 2.04 bits per heavy atom. The minimum atomic E-state index is -0.196. The predicted octanol–water partition coefficient (Wildman–Crippen LogP) is 3.04. The molecule has 0 aromatic heterocycles. The van der Waals surface area contributed by atoms with Gasteiger partial charge < -0.3 is 21.1 Å². The van der Waals surface area contributed by atoms with Crippen LogP contribution in [0.2, 0.25) is 5.02 Å². The van der Waals surface area contributed by atoms with Crippen LogP contribution in [0, 0.1) is 12.8 Å². The number of aryl methyl sites for hydroxylation is 1. The summed E-state index contributed by atoms with van der Waals surface area (Å²) in [5.74, 6) is 0.520. The lowest BCUT2D eigenvalue weighted by Crippen LogP contribution is -2.33. The fraction of sp³-hybridized carbons (Fsp3) is 0.556. The largest absolute Gasteiger partial charge is 0.495 e. The van der Waals surface area contributed by atoms with E-state index in [0.717, 1.165) is 24.8 Å². The van der Waals surface area contributed by atoms with Crippen LogP contribution >= 0.6 is 24.0 Å². The van der Waals surface area contributed by atoms with E-state index in [1.54, 1.807) is 12.1 Å². The summed E-state index contributed by atoms with van der Waals surface area (Å²) in [5.41, 5.74) is 7.39. The van der Waals surface area contributed by atoms with Gasteiger partial charge in [0.15, 0.2) is 0 Å². The number of hydrogen-bond donors (Lipinski definition) is 3. The molecule has 0 radical (unpaired) electrons. The molecule has 2 rings (SSSR count). The number of benzene rings is 1. The van der Waals surface area contributed by atoms with Gasteiger partial charge in [-0.15, -0.1) is 12.4 Å². The molecule has 1 aliphatic rings. The zero-order valence-electron chi connectivity index (χ0n) is 15.1. The van der Waals surface area contributed by atoms with Gasteiger partial charge in [0.1, 0.15) is 5.75 Å². The second-order valence-electron chi connectivity index (χ2n) is 6.51. The number of halogens is 2. The summed E-state index contributed by atoms with van der Waals surface area (Å²) in [4.78, 5) is 24.0. The zero-order valence-corrected chi connectivity index (χ0v) is 16.7. The molecule has 0 heterocycles. The summed E-state index contributed by atoms with van der Waals surface area (Å²) in [6.45, 7) is 2.15. The minimum Gasteiger partial charge on any atom is -0.495 e. The third-order valence-electron chi connectivity index (χ3n) is 4.59. The average molecular weight is 404 g/mol. The molecule has 1 aliphatic carbocycles. The van der Waals surface area contributed by atoms with Crippen molar-refractivity contribution in [2.24, 2.45) is 11.7 Å². The van der Waals surface area contributed by atoms with Gasteiger partial charge in [0, 0.05) is 36.5 Å². The molecule has 0 bridgehead atoms. The van der Waals surface area contributed by atoms with Crippen molar-refractivity contribution < 1.29 is 14.3 Å². The molecule has 1 aromatic carbocycles. The van der Waals surface area contributed by atoms with Gasteiger partial charge in [-0.1, -0.05) is 18.0 Å². The maximum absolute atomic E-state index is 12.1. The van der Waals surface area contributed by atoms with Crippen molar-refractivity contribution >= 4 is 41.5 Å². The molecule has 1 fully saturated rings. The molecule has 2 atom stereocenters. The second-order valence-corrected chi connectivity index (χ2v) is 6.92. The van der Waals surface area contributed by atoms with Gasteiger partial charge in [-0.05, 0) is 37.3 Å². The molecule has 1 saturated carbocycles. The molecule has 4 N–H and O–H groups in total. The van der Waals surface area contributed by atoms with E-state index in [0.29, 0.717) is 29.4 Å². The van der Waals surface area contributed by atoms with Crippen LogP contribution in [0.4, 0.5) is 5.69 Å². The molecule has 1 aromatic rings. The summed E-state index contributed by atoms with van der Waals surface area (Å²) in [6.07, 6.45) is 3.71. The van der Waals surface area contributed by atoms with Crippen molar-refractivity contribution in [1.82, 2.24) is 5.32 Å². The van der Waals surface area contributed by atoms with Crippen molar-refractivity contribution in [3.05, 3.63) is 22.7 Å². The van der Waals surface area contributed by atoms with E-state index in [4.69, 9.17) is 22.1 Å². The number of nitrogens with two attached hydrogens (primary N) is 1. The molecule has 0 aliphatic heterocycles. The van der Waals surface area contributed by atoms with Gasteiger partial charge in [-0.3, -0.25) is 9.59 Å². The molecule has 0 saturated heterocycles. The molecule has 6 nitrogen and oxygen atoms in total. The Balaban J connectivity index is 0.00000338. The lowest BCUT2D eigenvalue weighted by Gasteiger charge is -2.15. The van der Waals surface area contributed by atoms with E-state index in [1.165, 1.54) is 7.11 Å². The molecule has 0 spiro atoms. The Labute approximate surface area is 165 Å². The maximum Gasteiger partial charge on any atom is 0.226 e. The number of anilines is 1. The van der Waals surface area contributed by atoms with Crippen LogP contribution in [0.15, 0.2) is 12.1 Å². The van der Waals surface area contributed by atoms with Crippen molar-refractivity contribution in [1.29, 1.82) is 0 Å². The summed E-state index contributed by atoms with van der Waals surface area (Å²) < 4.78 is 5.23. The van der Waals surface area contributed by atoms with Crippen LogP contribution in [0.5, 0.6) is 5.75 Å². The van der Waals surface area contributed by atoms with Crippen molar-refractivity contribution in [3.63, 3.8) is 0 Å². The van der Waals surface area contributed by atoms with Gasteiger partial charge in [0.2, 0.25) is 11.8 Å². The Kier molecular flexibility index (Phi) is 9.19. The van der Waals surface area contributed by atoms with E-state index in [-0.39, 0.29) is 42.6 Å². The first-order valence-corrected chi connectivity index (χ1v) is 8.94. The van der Waals surface area contributed by atoms with Crippen molar-refractivity contribution in [2.75, 3.05) is 19.0 Å². The highest BCUT2D eigenvalue weighted by molar-refractivity contribution is 6.31. The number of rotatable bonds is 7. The van der Waals surface area contributed by atoms with E-state index < -0.39 is 0 Å². The number of carbonyl (C=O) groups is 2. The lowest BCUT2D eigenvalue weighted by molar-refractivity contribution is -0.122. The normalized spacial score (nSPS) is 18.8. The number of methoxy groups -OCH3 is 1. The van der Waals surface area contributed by atoms with Crippen molar-refractivity contribution in [3.8, 4) is 5.75 Å². The average Bonchev–Trinajstić information content (AvgIpc) is 2.95. The number of nitrogens with one attached hydrogen (secondary N) is 2. The van der Waals surface area contributed by atoms with Crippen LogP contribution in [0.3, 0.4) is 0 Å². The molecule has 0 unspecified atom stereocenters. The molecule has 8 heteroatoms. The Morgan fingerprint density at radius 3 is 2.65 bits per heavy atom. The van der Waals surface area contributed by atoms with Crippen LogP contribution in [0.25, 0.3) is 0 Å². The van der Waals surface area contributed by atoms with Gasteiger partial charge in [0.25, 0.3) is 0 Å². The van der Waals surface area contributed by atoms with E-state index in [2.05, 4.69) is 10.6 Å². The Bertz CT molecular complexity index is 640. The van der Waals surface area contributed by atoms with Crippen LogP contribution < -0.4 is 21.1 Å². The highest BCUT2D eigenvalue weighted by atomic mass is 35.5. The van der Waals surface area contributed by atoms with E-state index >= 15 is 0 Å². The summed E-state index contributed by atoms with van der Waals surface area (Å²) in [7, 11) is 1.52. The van der Waals surface area contributed by atoms with Gasteiger partial charge in [-0.25, -0.2) is 0 Å². The summed E-state index contributed by atoms with van der Waals surface area (Å²) in [6, 6.07) is 3.55. The standard InChI is InChI=1S/C18H26ClN3O3.ClH/c1-11-8-15(16(25-2)10-13(11)19)22-17(23)6-7-21-18(24)9-12-4-3-5-14(12)20;/h8,10,12,14H,3-7,9,20H2,1-2H3,(H,21,24)(H,22,23);1H/t12-,14+;/m0./s1. The summed E-state index contributed by atoms with van der Waals surface area (Å²) in [5, 5.41) is 6.15. The number of carbonyl (C=O) groups excluding carboxylic acids is 2. The fourth-order valence-corrected chi connectivity index (χ4v) is 3.24. The topological polar surface area (TPSA) is 93.5 Å². The monoisotopic (exact) mass is 403 g/mol. The molecule has 2 amide bonds. The van der Waals surface area contributed by atoms with E-state index in [1.807, 2.05) is 6.92 Å². The van der Waals surface area contributed by atoms with Gasteiger partial charge >= 0.3 is 0 Å². The Morgan fingerprint density at radius 1 is 1.31 bits per heavy atom. The number of ether oxygens (including phenoxy) is 1. The highest BCUT2D eigenvalue weighted by Crippen LogP contribution is 2.31. The predicted molar refractivity (Wildman–Crippen MR) is 106 cm³/mol. The molecule has 26 heavy (non-hydrogen) atoms. The quantitative estimate of drug-likeness (QED) is 0.651. The number of amides is 2. The first kappa shape index (κ1) is 22.5. The van der Waals surface area contributed by atoms with Crippen molar-refractivity contribution in [2.45, 2.75) is 45.1 Å². The van der Waals surface area contributed by atoms with E-state index in [9.17, 15) is 9.59 Å². The van der Waals surface area contributed by atoms with Crippen LogP contribution in [-0.2, 0) is 9.59 Å². The molecular weight excluding hydrogens is 377 g/mol. The SMILES string of the molecule is COc1cc(Cl)c(C)cc1NC(=O)CCNC(=O)C[C@@H]1CCC[C@H]1N.Cl. The summed E-state index contributed by atoms with van der Waals surface area (Å²) >= 11 is 6.05. The van der Waals surface area contributed by atoms with Crippen LogP contribution in [-0.4, -0.2) is 31.5 Å². The van der Waals surface area contributed by atoms with Crippen LogP contribution in [0.1, 0.15) is 37.7 Å². The third kappa shape index (κ3) is 6.34. The number of hydrogen-bond acceptors (Lipinski definition) is 4. The molecular formula is C18H27Cl2N3O3. The molecule has 146 valence electrons.